The van der Waals surface area contributed by atoms with E-state index in [2.05, 4.69) is 15.3 Å². The standard InChI is InChI=1S/C12H17N3O5/c1-5-20-11(17)7(2)13-10(16)8-6-9(18-3)15-12(14-8)19-4/h6-7H,5H2,1-4H3,(H,13,16)/t7-/m0/s1. The molecule has 0 radical (unpaired) electrons. The van der Waals surface area contributed by atoms with E-state index in [4.69, 9.17) is 14.2 Å². The van der Waals surface area contributed by atoms with Gasteiger partial charge in [0.1, 0.15) is 11.7 Å². The number of esters is 1. The van der Waals surface area contributed by atoms with Crippen molar-refractivity contribution in [2.75, 3.05) is 20.8 Å². The van der Waals surface area contributed by atoms with E-state index in [-0.39, 0.29) is 24.2 Å². The number of nitrogens with zero attached hydrogens (tertiary/aromatic N) is 2. The molecule has 0 saturated carbocycles. The predicted octanol–water partition coefficient (Wildman–Crippen LogP) is 0.175. The molecule has 20 heavy (non-hydrogen) atoms. The number of aromatic nitrogens is 2. The van der Waals surface area contributed by atoms with Gasteiger partial charge in [0.2, 0.25) is 5.88 Å². The molecule has 110 valence electrons. The number of hydrogen-bond donors (Lipinski definition) is 1. The van der Waals surface area contributed by atoms with Gasteiger partial charge in [-0.1, -0.05) is 0 Å². The molecular weight excluding hydrogens is 266 g/mol. The fraction of sp³-hybridized carbons (Fsp3) is 0.500. The zero-order chi connectivity index (χ0) is 15.1. The van der Waals surface area contributed by atoms with E-state index >= 15 is 0 Å². The van der Waals surface area contributed by atoms with Gasteiger partial charge in [-0.05, 0) is 13.8 Å². The molecule has 8 heteroatoms. The second kappa shape index (κ2) is 7.27. The van der Waals surface area contributed by atoms with E-state index in [9.17, 15) is 9.59 Å². The van der Waals surface area contributed by atoms with Crippen molar-refractivity contribution < 1.29 is 23.8 Å². The Morgan fingerprint density at radius 1 is 1.30 bits per heavy atom. The molecule has 1 rings (SSSR count). The zero-order valence-corrected chi connectivity index (χ0v) is 11.8. The van der Waals surface area contributed by atoms with E-state index in [0.29, 0.717) is 0 Å². The number of carbonyl (C=O) groups excluding carboxylic acids is 2. The number of hydrogen-bond acceptors (Lipinski definition) is 7. The molecule has 0 aliphatic heterocycles. The predicted molar refractivity (Wildman–Crippen MR) is 68.7 cm³/mol. The van der Waals surface area contributed by atoms with Gasteiger partial charge in [-0.3, -0.25) is 4.79 Å². The Balaban J connectivity index is 2.84. The summed E-state index contributed by atoms with van der Waals surface area (Å²) in [5.41, 5.74) is 0.0323. The Morgan fingerprint density at radius 2 is 2.00 bits per heavy atom. The normalized spacial score (nSPS) is 11.4. The summed E-state index contributed by atoms with van der Waals surface area (Å²) < 4.78 is 14.6. The number of amides is 1. The summed E-state index contributed by atoms with van der Waals surface area (Å²) in [6, 6.07) is 0.558. The lowest BCUT2D eigenvalue weighted by Crippen LogP contribution is -2.39. The van der Waals surface area contributed by atoms with Gasteiger partial charge < -0.3 is 19.5 Å². The molecule has 0 spiro atoms. The van der Waals surface area contributed by atoms with Gasteiger partial charge >= 0.3 is 12.0 Å². The van der Waals surface area contributed by atoms with Crippen LogP contribution in [0, 0.1) is 0 Å². The van der Waals surface area contributed by atoms with Gasteiger partial charge in [-0.15, -0.1) is 0 Å². The molecule has 0 bridgehead atoms. The van der Waals surface area contributed by atoms with Gasteiger partial charge in [-0.2, -0.15) is 9.97 Å². The monoisotopic (exact) mass is 283 g/mol. The molecule has 1 aromatic rings. The third kappa shape index (κ3) is 4.08. The van der Waals surface area contributed by atoms with E-state index in [0.717, 1.165) is 0 Å². The number of carbonyl (C=O) groups is 2. The Labute approximate surface area is 116 Å². The smallest absolute Gasteiger partial charge is 0.328 e. The summed E-state index contributed by atoms with van der Waals surface area (Å²) in [5, 5.41) is 2.47. The molecule has 1 atom stereocenters. The molecule has 1 aromatic heterocycles. The van der Waals surface area contributed by atoms with Crippen LogP contribution in [0.15, 0.2) is 6.07 Å². The van der Waals surface area contributed by atoms with Crippen LogP contribution in [0.3, 0.4) is 0 Å². The minimum atomic E-state index is -0.783. The van der Waals surface area contributed by atoms with Crippen LogP contribution in [0.2, 0.25) is 0 Å². The van der Waals surface area contributed by atoms with Crippen LogP contribution in [-0.2, 0) is 9.53 Å². The maximum atomic E-state index is 12.0. The van der Waals surface area contributed by atoms with Gasteiger partial charge in [0.05, 0.1) is 20.8 Å². The molecule has 0 aliphatic rings. The fourth-order valence-electron chi connectivity index (χ4n) is 1.31. The number of methoxy groups -OCH3 is 2. The lowest BCUT2D eigenvalue weighted by molar-refractivity contribution is -0.144. The summed E-state index contributed by atoms with van der Waals surface area (Å²) in [6.07, 6.45) is 0. The third-order valence-electron chi connectivity index (χ3n) is 2.29. The number of nitrogens with one attached hydrogen (secondary N) is 1. The van der Waals surface area contributed by atoms with Gasteiger partial charge in [0.25, 0.3) is 5.91 Å². The maximum absolute atomic E-state index is 12.0. The highest BCUT2D eigenvalue weighted by Gasteiger charge is 2.19. The Bertz CT molecular complexity index is 470. The van der Waals surface area contributed by atoms with E-state index in [1.54, 1.807) is 6.92 Å². The molecule has 0 unspecified atom stereocenters. The van der Waals surface area contributed by atoms with Crippen molar-refractivity contribution in [1.29, 1.82) is 0 Å². The number of rotatable bonds is 6. The summed E-state index contributed by atoms with van der Waals surface area (Å²) in [4.78, 5) is 31.2. The maximum Gasteiger partial charge on any atom is 0.328 e. The van der Waals surface area contributed by atoms with Crippen molar-refractivity contribution in [2.45, 2.75) is 19.9 Å². The Kier molecular flexibility index (Phi) is 5.70. The Hall–Kier alpha value is -2.38. The highest BCUT2D eigenvalue weighted by Crippen LogP contribution is 2.13. The first-order valence-electron chi connectivity index (χ1n) is 5.96. The first-order chi connectivity index (χ1) is 9.51. The zero-order valence-electron chi connectivity index (χ0n) is 11.8. The lowest BCUT2D eigenvalue weighted by atomic mass is 10.3. The average molecular weight is 283 g/mol. The van der Waals surface area contributed by atoms with Crippen LogP contribution < -0.4 is 14.8 Å². The van der Waals surface area contributed by atoms with Crippen LogP contribution in [0.5, 0.6) is 11.9 Å². The van der Waals surface area contributed by atoms with E-state index in [1.807, 2.05) is 0 Å². The molecule has 0 aromatic carbocycles. The van der Waals surface area contributed by atoms with Crippen molar-refractivity contribution >= 4 is 11.9 Å². The minimum Gasteiger partial charge on any atom is -0.481 e. The lowest BCUT2D eigenvalue weighted by Gasteiger charge is -2.12. The largest absolute Gasteiger partial charge is 0.481 e. The topological polar surface area (TPSA) is 99.6 Å². The van der Waals surface area contributed by atoms with Gasteiger partial charge in [0.15, 0.2) is 0 Å². The summed E-state index contributed by atoms with van der Waals surface area (Å²) in [5.74, 6) is -0.885. The molecule has 1 heterocycles. The molecule has 0 aliphatic carbocycles. The molecule has 8 nitrogen and oxygen atoms in total. The second-order valence-electron chi connectivity index (χ2n) is 3.73. The molecule has 0 saturated heterocycles. The van der Waals surface area contributed by atoms with Crippen molar-refractivity contribution in [3.63, 3.8) is 0 Å². The quantitative estimate of drug-likeness (QED) is 0.743. The number of ether oxygens (including phenoxy) is 3. The summed E-state index contributed by atoms with van der Waals surface area (Å²) in [6.45, 7) is 3.45. The van der Waals surface area contributed by atoms with Gasteiger partial charge in [0, 0.05) is 6.07 Å². The van der Waals surface area contributed by atoms with Crippen LogP contribution in [0.1, 0.15) is 24.3 Å². The summed E-state index contributed by atoms with van der Waals surface area (Å²) in [7, 11) is 2.78. The average Bonchev–Trinajstić information content (AvgIpc) is 2.46. The highest BCUT2D eigenvalue weighted by molar-refractivity contribution is 5.95. The van der Waals surface area contributed by atoms with Gasteiger partial charge in [-0.25, -0.2) is 4.79 Å². The SMILES string of the molecule is CCOC(=O)[C@H](C)NC(=O)c1cc(OC)nc(OC)n1. The van der Waals surface area contributed by atoms with E-state index in [1.165, 1.54) is 27.2 Å². The second-order valence-corrected chi connectivity index (χ2v) is 3.73. The highest BCUT2D eigenvalue weighted by atomic mass is 16.5. The molecule has 0 fully saturated rings. The molecular formula is C12H17N3O5. The van der Waals surface area contributed by atoms with E-state index < -0.39 is 17.9 Å². The van der Waals surface area contributed by atoms with Crippen molar-refractivity contribution in [2.24, 2.45) is 0 Å². The third-order valence-corrected chi connectivity index (χ3v) is 2.29. The van der Waals surface area contributed by atoms with Crippen LogP contribution in [0.4, 0.5) is 0 Å². The van der Waals surface area contributed by atoms with Crippen molar-refractivity contribution in [3.8, 4) is 11.9 Å². The first kappa shape index (κ1) is 15.7. The Morgan fingerprint density at radius 3 is 2.55 bits per heavy atom. The molecule has 1 amide bonds. The van der Waals surface area contributed by atoms with Crippen molar-refractivity contribution in [3.05, 3.63) is 11.8 Å². The fourth-order valence-corrected chi connectivity index (χ4v) is 1.31. The first-order valence-corrected chi connectivity index (χ1v) is 5.96. The van der Waals surface area contributed by atoms with Crippen LogP contribution in [0.25, 0.3) is 0 Å². The minimum absolute atomic E-state index is 0.00159. The van der Waals surface area contributed by atoms with Crippen molar-refractivity contribution in [1.82, 2.24) is 15.3 Å². The van der Waals surface area contributed by atoms with Crippen LogP contribution in [-0.4, -0.2) is 48.7 Å². The van der Waals surface area contributed by atoms with Crippen LogP contribution >= 0.6 is 0 Å². The summed E-state index contributed by atoms with van der Waals surface area (Å²) >= 11 is 0. The molecule has 1 N–H and O–H groups in total.